The number of thiophene rings is 1. The van der Waals surface area contributed by atoms with Crippen LogP contribution in [0.15, 0.2) is 36.6 Å². The zero-order valence-electron chi connectivity index (χ0n) is 13.5. The Morgan fingerprint density at radius 2 is 1.62 bits per heavy atom. The molecular formula is C19H14F4O2S. The van der Waals surface area contributed by atoms with Crippen LogP contribution in [0.5, 0.6) is 11.5 Å². The normalized spacial score (nSPS) is 14.5. The second-order valence-corrected chi connectivity index (χ2v) is 7.26. The molecule has 1 aliphatic carbocycles. The maximum atomic E-state index is 14.8. The van der Waals surface area contributed by atoms with Crippen molar-refractivity contribution < 1.29 is 27.0 Å². The van der Waals surface area contributed by atoms with Gasteiger partial charge in [-0.15, -0.1) is 11.3 Å². The van der Waals surface area contributed by atoms with Gasteiger partial charge in [0.2, 0.25) is 0 Å². The van der Waals surface area contributed by atoms with Crippen molar-refractivity contribution in [1.82, 2.24) is 0 Å². The van der Waals surface area contributed by atoms with E-state index in [0.29, 0.717) is 23.3 Å². The van der Waals surface area contributed by atoms with Gasteiger partial charge in [0, 0.05) is 10.8 Å². The van der Waals surface area contributed by atoms with Crippen molar-refractivity contribution in [2.45, 2.75) is 19.3 Å². The first kappa shape index (κ1) is 17.1. The molecule has 0 radical (unpaired) electrons. The monoisotopic (exact) mass is 382 g/mol. The Morgan fingerprint density at radius 1 is 1.00 bits per heavy atom. The molecule has 0 unspecified atom stereocenters. The molecule has 26 heavy (non-hydrogen) atoms. The summed E-state index contributed by atoms with van der Waals surface area (Å²) in [4.78, 5) is 0. The number of hydrogen-bond acceptors (Lipinski definition) is 3. The second-order valence-electron chi connectivity index (χ2n) is 6.24. The van der Waals surface area contributed by atoms with Crippen molar-refractivity contribution in [3.05, 3.63) is 48.2 Å². The van der Waals surface area contributed by atoms with Gasteiger partial charge in [-0.25, -0.2) is 8.78 Å². The summed E-state index contributed by atoms with van der Waals surface area (Å²) < 4.78 is 64.3. The molecule has 0 spiro atoms. The summed E-state index contributed by atoms with van der Waals surface area (Å²) in [7, 11) is 0. The van der Waals surface area contributed by atoms with Crippen molar-refractivity contribution in [1.29, 1.82) is 0 Å². The van der Waals surface area contributed by atoms with Crippen molar-refractivity contribution in [3.63, 3.8) is 0 Å². The Kier molecular flexibility index (Phi) is 4.48. The van der Waals surface area contributed by atoms with Gasteiger partial charge in [0.05, 0.1) is 16.0 Å². The Labute approximate surface area is 150 Å². The molecule has 3 aromatic rings. The van der Waals surface area contributed by atoms with Crippen LogP contribution in [-0.2, 0) is 0 Å². The molecule has 1 fully saturated rings. The topological polar surface area (TPSA) is 18.5 Å². The highest BCUT2D eigenvalue weighted by atomic mass is 32.1. The van der Waals surface area contributed by atoms with Crippen LogP contribution in [0.25, 0.3) is 20.2 Å². The minimum atomic E-state index is -2.07. The van der Waals surface area contributed by atoms with E-state index in [-0.39, 0.29) is 27.2 Å². The molecule has 4 rings (SSSR count). The summed E-state index contributed by atoms with van der Waals surface area (Å²) in [6.07, 6.45) is 1.46. The zero-order chi connectivity index (χ0) is 18.3. The molecule has 0 saturated heterocycles. The molecule has 0 atom stereocenters. The highest BCUT2D eigenvalue weighted by Crippen LogP contribution is 2.42. The minimum Gasteiger partial charge on any atom is -0.490 e. The Balaban J connectivity index is 1.73. The van der Waals surface area contributed by atoms with Crippen LogP contribution < -0.4 is 9.47 Å². The van der Waals surface area contributed by atoms with E-state index in [1.54, 1.807) is 12.1 Å². The fraction of sp³-hybridized carbons (Fsp3) is 0.263. The van der Waals surface area contributed by atoms with Crippen molar-refractivity contribution in [2.75, 3.05) is 6.61 Å². The van der Waals surface area contributed by atoms with Crippen LogP contribution in [0.1, 0.15) is 19.3 Å². The van der Waals surface area contributed by atoms with E-state index < -0.39 is 17.7 Å². The van der Waals surface area contributed by atoms with E-state index in [1.807, 2.05) is 0 Å². The van der Waals surface area contributed by atoms with Gasteiger partial charge >= 0.3 is 6.08 Å². The third kappa shape index (κ3) is 3.00. The Bertz CT molecular complexity index is 1000. The lowest BCUT2D eigenvalue weighted by Crippen LogP contribution is -2.19. The summed E-state index contributed by atoms with van der Waals surface area (Å²) in [5, 5.41) is 1.06. The lowest BCUT2D eigenvalue weighted by Gasteiger charge is -2.25. The van der Waals surface area contributed by atoms with Gasteiger partial charge in [-0.3, -0.25) is 0 Å². The fourth-order valence-electron chi connectivity index (χ4n) is 2.98. The number of ether oxygens (including phenoxy) is 2. The van der Waals surface area contributed by atoms with E-state index in [4.69, 9.17) is 4.74 Å². The van der Waals surface area contributed by atoms with Gasteiger partial charge in [-0.05, 0) is 43.0 Å². The molecule has 0 bridgehead atoms. The van der Waals surface area contributed by atoms with Gasteiger partial charge in [-0.2, -0.15) is 8.78 Å². The Morgan fingerprint density at radius 3 is 2.19 bits per heavy atom. The van der Waals surface area contributed by atoms with Crippen LogP contribution in [0, 0.1) is 17.6 Å². The molecule has 1 aliphatic rings. The number of halogens is 4. The van der Waals surface area contributed by atoms with E-state index in [0.717, 1.165) is 24.2 Å². The van der Waals surface area contributed by atoms with E-state index >= 15 is 0 Å². The molecule has 1 aromatic heterocycles. The maximum Gasteiger partial charge on any atom is 0.305 e. The molecular weight excluding hydrogens is 368 g/mol. The fourth-order valence-corrected chi connectivity index (χ4v) is 4.14. The largest absolute Gasteiger partial charge is 0.490 e. The van der Waals surface area contributed by atoms with Crippen LogP contribution in [0.4, 0.5) is 17.6 Å². The summed E-state index contributed by atoms with van der Waals surface area (Å²) in [5.41, 5.74) is 0. The number of benzene rings is 2. The summed E-state index contributed by atoms with van der Waals surface area (Å²) in [5.74, 6) is -1.04. The van der Waals surface area contributed by atoms with Crippen LogP contribution >= 0.6 is 11.3 Å². The predicted molar refractivity (Wildman–Crippen MR) is 93.0 cm³/mol. The lowest BCUT2D eigenvalue weighted by molar-refractivity contribution is 0.176. The van der Waals surface area contributed by atoms with Crippen molar-refractivity contribution in [3.8, 4) is 11.5 Å². The number of hydrogen-bond donors (Lipinski definition) is 0. The third-order valence-corrected chi connectivity index (χ3v) is 5.80. The highest BCUT2D eigenvalue weighted by molar-refractivity contribution is 7.25. The van der Waals surface area contributed by atoms with Crippen molar-refractivity contribution in [2.24, 2.45) is 5.92 Å². The van der Waals surface area contributed by atoms with Gasteiger partial charge in [0.15, 0.2) is 29.4 Å². The SMILES string of the molecule is FC(F)=COc1ccc2c(sc3c(F)c(OCC4CCC4)ccc32)c1F. The lowest BCUT2D eigenvalue weighted by atomic mass is 9.86. The average molecular weight is 382 g/mol. The standard InChI is InChI=1S/C19H14F4O2S/c20-15(21)9-25-14-7-5-12-11-4-6-13(24-8-10-2-1-3-10)16(22)18(11)26-19(12)17(14)23/h4-7,9-10H,1-3,8H2. The van der Waals surface area contributed by atoms with Gasteiger partial charge in [-0.1, -0.05) is 6.42 Å². The smallest absolute Gasteiger partial charge is 0.305 e. The predicted octanol–water partition coefficient (Wildman–Crippen LogP) is 6.63. The first-order valence-corrected chi connectivity index (χ1v) is 9.00. The Hall–Kier alpha value is -2.28. The van der Waals surface area contributed by atoms with Gasteiger partial charge in [0.1, 0.15) is 0 Å². The van der Waals surface area contributed by atoms with Gasteiger partial charge in [0.25, 0.3) is 0 Å². The quantitative estimate of drug-likeness (QED) is 0.364. The summed E-state index contributed by atoms with van der Waals surface area (Å²) in [6, 6.07) is 6.02. The molecule has 2 aromatic carbocycles. The van der Waals surface area contributed by atoms with E-state index in [9.17, 15) is 17.6 Å². The molecule has 2 nitrogen and oxygen atoms in total. The first-order chi connectivity index (χ1) is 12.5. The maximum absolute atomic E-state index is 14.8. The molecule has 0 aliphatic heterocycles. The van der Waals surface area contributed by atoms with E-state index in [1.165, 1.54) is 18.6 Å². The van der Waals surface area contributed by atoms with Gasteiger partial charge < -0.3 is 9.47 Å². The molecule has 0 amide bonds. The van der Waals surface area contributed by atoms with Crippen molar-refractivity contribution >= 4 is 31.5 Å². The zero-order valence-corrected chi connectivity index (χ0v) is 14.3. The van der Waals surface area contributed by atoms with Crippen LogP contribution in [-0.4, -0.2) is 6.61 Å². The van der Waals surface area contributed by atoms with E-state index in [2.05, 4.69) is 4.74 Å². The van der Waals surface area contributed by atoms with Crippen LogP contribution in [0.2, 0.25) is 0 Å². The van der Waals surface area contributed by atoms with Crippen LogP contribution in [0.3, 0.4) is 0 Å². The molecule has 136 valence electrons. The third-order valence-electron chi connectivity index (χ3n) is 4.59. The minimum absolute atomic E-state index is 0.148. The summed E-state index contributed by atoms with van der Waals surface area (Å²) >= 11 is 0.913. The molecule has 0 N–H and O–H groups in total. The summed E-state index contributed by atoms with van der Waals surface area (Å²) in [6.45, 7) is 0.473. The highest BCUT2D eigenvalue weighted by Gasteiger charge is 2.21. The molecule has 1 heterocycles. The number of rotatable bonds is 5. The molecule has 7 heteroatoms. The second kappa shape index (κ2) is 6.79. The number of fused-ring (bicyclic) bond motifs is 3. The average Bonchev–Trinajstić information content (AvgIpc) is 2.95. The first-order valence-electron chi connectivity index (χ1n) is 8.18. The molecule has 1 saturated carbocycles.